The highest BCUT2D eigenvalue weighted by molar-refractivity contribution is 5.89. The fourth-order valence-corrected chi connectivity index (χ4v) is 2.43. The zero-order valence-corrected chi connectivity index (χ0v) is 14.5. The average Bonchev–Trinajstić information content (AvgIpc) is 2.62. The summed E-state index contributed by atoms with van der Waals surface area (Å²) in [6, 6.07) is 8.60. The minimum Gasteiger partial charge on any atom is -0.363 e. The zero-order valence-electron chi connectivity index (χ0n) is 14.5. The molecule has 0 aliphatic rings. The summed E-state index contributed by atoms with van der Waals surface area (Å²) < 4.78 is 13.1. The van der Waals surface area contributed by atoms with Crippen LogP contribution in [-0.2, 0) is 0 Å². The summed E-state index contributed by atoms with van der Waals surface area (Å²) in [6.07, 6.45) is 4.65. The van der Waals surface area contributed by atoms with Gasteiger partial charge in [0, 0.05) is 36.3 Å². The van der Waals surface area contributed by atoms with E-state index in [1.165, 1.54) is 12.1 Å². The van der Waals surface area contributed by atoms with Gasteiger partial charge in [0.05, 0.1) is 6.20 Å². The van der Waals surface area contributed by atoms with E-state index in [9.17, 15) is 9.18 Å². The number of pyridine rings is 1. The van der Waals surface area contributed by atoms with Crippen molar-refractivity contribution < 1.29 is 9.18 Å². The predicted octanol–water partition coefficient (Wildman–Crippen LogP) is 3.42. The van der Waals surface area contributed by atoms with E-state index < -0.39 is 6.03 Å². The first-order valence-corrected chi connectivity index (χ1v) is 8.13. The quantitative estimate of drug-likeness (QED) is 0.530. The van der Waals surface area contributed by atoms with Crippen LogP contribution in [0.1, 0.15) is 18.5 Å². The normalized spacial score (nSPS) is 11.5. The Morgan fingerprint density at radius 2 is 1.85 bits per heavy atom. The van der Waals surface area contributed by atoms with Crippen molar-refractivity contribution in [1.82, 2.24) is 15.0 Å². The molecule has 0 fully saturated rings. The summed E-state index contributed by atoms with van der Waals surface area (Å²) >= 11 is 0. The monoisotopic (exact) mass is 367 g/mol. The number of carbonyl (C=O) groups is 1. The number of nitrogens with zero attached hydrogens (tertiary/aromatic N) is 3. The maximum Gasteiger partial charge on any atom is 0.316 e. The number of urea groups is 1. The number of nitrogens with one attached hydrogen (secondary N) is 3. The Labute approximate surface area is 155 Å². The Bertz CT molecular complexity index is 919. The van der Waals surface area contributed by atoms with Gasteiger partial charge in [-0.25, -0.2) is 19.2 Å². The van der Waals surface area contributed by atoms with Crippen molar-refractivity contribution in [3.8, 4) is 0 Å². The standard InChI is InChI=1S/C18H18FN7O/c1-11(12-2-4-13(19)5-3-12)23-15-8-14(24-18(20)27)9-16(25-15)26-17-10-21-6-7-22-17/h2-11H,1H3,(H5,20,22,23,24,25,26,27). The van der Waals surface area contributed by atoms with E-state index in [-0.39, 0.29) is 11.9 Å². The molecule has 1 unspecified atom stereocenters. The summed E-state index contributed by atoms with van der Waals surface area (Å²) in [4.78, 5) is 23.8. The van der Waals surface area contributed by atoms with Crippen molar-refractivity contribution in [2.24, 2.45) is 5.73 Å². The van der Waals surface area contributed by atoms with Crippen LogP contribution in [0.25, 0.3) is 0 Å². The van der Waals surface area contributed by atoms with Gasteiger partial charge in [-0.05, 0) is 24.6 Å². The predicted molar refractivity (Wildman–Crippen MR) is 101 cm³/mol. The first-order valence-electron chi connectivity index (χ1n) is 8.13. The SMILES string of the molecule is CC(Nc1cc(NC(N)=O)cc(Nc2cnccn2)n1)c1ccc(F)cc1. The first-order chi connectivity index (χ1) is 13.0. The van der Waals surface area contributed by atoms with Crippen molar-refractivity contribution in [1.29, 1.82) is 0 Å². The van der Waals surface area contributed by atoms with E-state index in [1.54, 1.807) is 42.9 Å². The molecule has 1 atom stereocenters. The number of hydrogen-bond acceptors (Lipinski definition) is 6. The second kappa shape index (κ2) is 8.09. The Kier molecular flexibility index (Phi) is 5.41. The number of benzene rings is 1. The molecule has 0 aliphatic heterocycles. The summed E-state index contributed by atoms with van der Waals surface area (Å²) in [5.41, 5.74) is 6.55. The highest BCUT2D eigenvalue weighted by atomic mass is 19.1. The number of rotatable bonds is 6. The van der Waals surface area contributed by atoms with Gasteiger partial charge in [-0.15, -0.1) is 0 Å². The Balaban J connectivity index is 1.85. The van der Waals surface area contributed by atoms with Crippen LogP contribution in [0.15, 0.2) is 55.0 Å². The third-order valence-electron chi connectivity index (χ3n) is 3.65. The van der Waals surface area contributed by atoms with Gasteiger partial charge in [-0.3, -0.25) is 4.98 Å². The summed E-state index contributed by atoms with van der Waals surface area (Å²) in [7, 11) is 0. The maximum absolute atomic E-state index is 13.1. The number of carbonyl (C=O) groups excluding carboxylic acids is 1. The van der Waals surface area contributed by atoms with Gasteiger partial charge in [0.1, 0.15) is 23.3 Å². The largest absolute Gasteiger partial charge is 0.363 e. The molecule has 0 radical (unpaired) electrons. The van der Waals surface area contributed by atoms with E-state index in [2.05, 4.69) is 30.9 Å². The molecule has 0 spiro atoms. The first kappa shape index (κ1) is 18.1. The van der Waals surface area contributed by atoms with Crippen molar-refractivity contribution >= 4 is 29.2 Å². The molecule has 3 aromatic rings. The van der Waals surface area contributed by atoms with E-state index in [4.69, 9.17) is 5.73 Å². The summed E-state index contributed by atoms with van der Waals surface area (Å²) in [5, 5.41) is 8.75. The van der Waals surface area contributed by atoms with Crippen LogP contribution in [0.3, 0.4) is 0 Å². The molecular formula is C18H18FN7O. The lowest BCUT2D eigenvalue weighted by molar-refractivity contribution is 0.259. The number of nitrogens with two attached hydrogens (primary N) is 1. The van der Waals surface area contributed by atoms with Gasteiger partial charge >= 0.3 is 6.03 Å². The van der Waals surface area contributed by atoms with E-state index >= 15 is 0 Å². The highest BCUT2D eigenvalue weighted by Gasteiger charge is 2.10. The van der Waals surface area contributed by atoms with Crippen LogP contribution in [-0.4, -0.2) is 21.0 Å². The lowest BCUT2D eigenvalue weighted by Crippen LogP contribution is -2.19. The van der Waals surface area contributed by atoms with Gasteiger partial charge in [0.2, 0.25) is 0 Å². The molecule has 0 aliphatic carbocycles. The van der Waals surface area contributed by atoms with Crippen molar-refractivity contribution in [2.45, 2.75) is 13.0 Å². The molecule has 2 amide bonds. The summed E-state index contributed by atoms with van der Waals surface area (Å²) in [6.45, 7) is 1.92. The highest BCUT2D eigenvalue weighted by Crippen LogP contribution is 2.24. The average molecular weight is 367 g/mol. The molecule has 0 bridgehead atoms. The smallest absolute Gasteiger partial charge is 0.316 e. The number of halogens is 1. The molecule has 27 heavy (non-hydrogen) atoms. The molecule has 0 saturated carbocycles. The van der Waals surface area contributed by atoms with Crippen molar-refractivity contribution in [2.75, 3.05) is 16.0 Å². The van der Waals surface area contributed by atoms with Crippen LogP contribution in [0.2, 0.25) is 0 Å². The Morgan fingerprint density at radius 1 is 1.11 bits per heavy atom. The number of primary amides is 1. The summed E-state index contributed by atoms with van der Waals surface area (Å²) in [5.74, 6) is 1.13. The van der Waals surface area contributed by atoms with Gasteiger partial charge < -0.3 is 21.7 Å². The topological polar surface area (TPSA) is 118 Å². The molecule has 2 heterocycles. The van der Waals surface area contributed by atoms with Crippen molar-refractivity contribution in [3.05, 3.63) is 66.4 Å². The number of aromatic nitrogens is 3. The molecule has 0 saturated heterocycles. The third kappa shape index (κ3) is 5.11. The Hall–Kier alpha value is -3.75. The molecule has 8 nitrogen and oxygen atoms in total. The minimum atomic E-state index is -0.691. The Morgan fingerprint density at radius 3 is 2.52 bits per heavy atom. The fraction of sp³-hybridized carbons (Fsp3) is 0.111. The minimum absolute atomic E-state index is 0.147. The van der Waals surface area contributed by atoms with Crippen molar-refractivity contribution in [3.63, 3.8) is 0 Å². The third-order valence-corrected chi connectivity index (χ3v) is 3.65. The van der Waals surface area contributed by atoms with Crippen LogP contribution >= 0.6 is 0 Å². The second-order valence-electron chi connectivity index (χ2n) is 5.75. The lowest BCUT2D eigenvalue weighted by Gasteiger charge is -2.17. The van der Waals surface area contributed by atoms with E-state index in [0.717, 1.165) is 5.56 Å². The molecule has 1 aromatic carbocycles. The molecule has 9 heteroatoms. The van der Waals surface area contributed by atoms with E-state index in [1.807, 2.05) is 6.92 Å². The van der Waals surface area contributed by atoms with Gasteiger partial charge in [0.25, 0.3) is 0 Å². The molecule has 2 aromatic heterocycles. The number of anilines is 4. The second-order valence-corrected chi connectivity index (χ2v) is 5.75. The molecule has 3 rings (SSSR count). The maximum atomic E-state index is 13.1. The number of amides is 2. The van der Waals surface area contributed by atoms with Gasteiger partial charge in [0.15, 0.2) is 0 Å². The van der Waals surface area contributed by atoms with Gasteiger partial charge in [-0.2, -0.15) is 0 Å². The molecular weight excluding hydrogens is 349 g/mol. The molecule has 5 N–H and O–H groups in total. The van der Waals surface area contributed by atoms with Crippen LogP contribution in [0, 0.1) is 5.82 Å². The lowest BCUT2D eigenvalue weighted by atomic mass is 10.1. The van der Waals surface area contributed by atoms with Crippen LogP contribution in [0.4, 0.5) is 32.3 Å². The van der Waals surface area contributed by atoms with Gasteiger partial charge in [-0.1, -0.05) is 12.1 Å². The molecule has 138 valence electrons. The zero-order chi connectivity index (χ0) is 19.2. The van der Waals surface area contributed by atoms with E-state index in [0.29, 0.717) is 23.1 Å². The van der Waals surface area contributed by atoms with Crippen LogP contribution < -0.4 is 21.7 Å². The van der Waals surface area contributed by atoms with Crippen LogP contribution in [0.5, 0.6) is 0 Å². The fourth-order valence-electron chi connectivity index (χ4n) is 2.43. The number of hydrogen-bond donors (Lipinski definition) is 4.